The summed E-state index contributed by atoms with van der Waals surface area (Å²) in [6.45, 7) is 3.64. The molecule has 1 rings (SSSR count). The monoisotopic (exact) mass is 401 g/mol. The molecule has 2 N–H and O–H groups in total. The lowest BCUT2D eigenvalue weighted by Crippen LogP contribution is -2.43. The van der Waals surface area contributed by atoms with Gasteiger partial charge >= 0.3 is 12.1 Å². The molecule has 0 bridgehead atoms. The Morgan fingerprint density at radius 2 is 1.79 bits per heavy atom. The zero-order valence-corrected chi connectivity index (χ0v) is 15.8. The van der Waals surface area contributed by atoms with Crippen molar-refractivity contribution in [3.05, 3.63) is 48.0 Å². The largest absolute Gasteiger partial charge is 0.467 e. The Labute approximate surface area is 162 Å². The number of unbranched alkanes of at least 4 members (excludes halogenated alkanes) is 4. The van der Waals surface area contributed by atoms with E-state index in [4.69, 9.17) is 0 Å². The topological polar surface area (TPSA) is 75.6 Å². The number of aliphatic hydroxyl groups excluding tert-OH is 1. The molecule has 1 aromatic carbocycles. The molecule has 28 heavy (non-hydrogen) atoms. The first-order valence-corrected chi connectivity index (χ1v) is 9.05. The van der Waals surface area contributed by atoms with Gasteiger partial charge in [0.15, 0.2) is 6.10 Å². The standard InChI is InChI=1S/C20H26F3NO4/c1-3-4-5-6-7-8-9-16(19(27)28-2)24-18(26)17(25)14-10-12-15(13-11-14)20(21,22)23/h3,10-13,16-17,25H,1,4-9H2,2H3,(H,24,26)/t16-,17+/m1/s1. The molecule has 0 spiro atoms. The Balaban J connectivity index is 2.65. The number of alkyl halides is 3. The summed E-state index contributed by atoms with van der Waals surface area (Å²) in [5.41, 5.74) is -0.883. The van der Waals surface area contributed by atoms with Crippen molar-refractivity contribution < 1.29 is 32.6 Å². The molecule has 5 nitrogen and oxygen atoms in total. The van der Waals surface area contributed by atoms with Gasteiger partial charge in [0, 0.05) is 0 Å². The second kappa shape index (κ2) is 11.5. The van der Waals surface area contributed by atoms with Gasteiger partial charge in [0.05, 0.1) is 12.7 Å². The summed E-state index contributed by atoms with van der Waals surface area (Å²) in [5, 5.41) is 12.5. The number of methoxy groups -OCH3 is 1. The summed E-state index contributed by atoms with van der Waals surface area (Å²) in [6.07, 6.45) is 0.373. The molecule has 0 heterocycles. The molecule has 1 aromatic rings. The molecule has 156 valence electrons. The minimum atomic E-state index is -4.51. The molecule has 0 aliphatic carbocycles. The summed E-state index contributed by atoms with van der Waals surface area (Å²) < 4.78 is 42.5. The van der Waals surface area contributed by atoms with Crippen molar-refractivity contribution in [2.45, 2.75) is 56.8 Å². The number of rotatable bonds is 11. The molecular weight excluding hydrogens is 375 g/mol. The van der Waals surface area contributed by atoms with Crippen LogP contribution < -0.4 is 5.32 Å². The van der Waals surface area contributed by atoms with Crippen molar-refractivity contribution >= 4 is 11.9 Å². The van der Waals surface area contributed by atoms with E-state index in [0.717, 1.165) is 49.9 Å². The van der Waals surface area contributed by atoms with E-state index < -0.39 is 35.8 Å². The van der Waals surface area contributed by atoms with E-state index in [9.17, 15) is 27.9 Å². The van der Waals surface area contributed by atoms with E-state index in [-0.39, 0.29) is 5.56 Å². The van der Waals surface area contributed by atoms with E-state index >= 15 is 0 Å². The lowest BCUT2D eigenvalue weighted by Gasteiger charge is -2.19. The van der Waals surface area contributed by atoms with Gasteiger partial charge in [-0.2, -0.15) is 13.2 Å². The lowest BCUT2D eigenvalue weighted by atomic mass is 10.0. The third-order valence-corrected chi connectivity index (χ3v) is 4.26. The van der Waals surface area contributed by atoms with Crippen LogP contribution in [0.25, 0.3) is 0 Å². The Kier molecular flexibility index (Phi) is 9.72. The minimum Gasteiger partial charge on any atom is -0.467 e. The van der Waals surface area contributed by atoms with Crippen molar-refractivity contribution in [1.82, 2.24) is 5.32 Å². The van der Waals surface area contributed by atoms with Gasteiger partial charge in [-0.1, -0.05) is 37.5 Å². The highest BCUT2D eigenvalue weighted by Crippen LogP contribution is 2.30. The Morgan fingerprint density at radius 1 is 1.18 bits per heavy atom. The van der Waals surface area contributed by atoms with Gasteiger partial charge in [-0.25, -0.2) is 4.79 Å². The zero-order chi connectivity index (χ0) is 21.2. The lowest BCUT2D eigenvalue weighted by molar-refractivity contribution is -0.146. The van der Waals surface area contributed by atoms with Gasteiger partial charge in [-0.15, -0.1) is 6.58 Å². The highest BCUT2D eigenvalue weighted by atomic mass is 19.4. The minimum absolute atomic E-state index is 0.00135. The van der Waals surface area contributed by atoms with Crippen molar-refractivity contribution in [3.8, 4) is 0 Å². The fourth-order valence-electron chi connectivity index (χ4n) is 2.64. The molecule has 0 aliphatic heterocycles. The molecular formula is C20H26F3NO4. The maximum Gasteiger partial charge on any atom is 0.416 e. The van der Waals surface area contributed by atoms with Crippen LogP contribution in [0, 0.1) is 0 Å². The SMILES string of the molecule is C=CCCCCCC[C@@H](NC(=O)[C@@H](O)c1ccc(C(F)(F)F)cc1)C(=O)OC. The summed E-state index contributed by atoms with van der Waals surface area (Å²) in [6, 6.07) is 2.69. The number of carbonyl (C=O) groups is 2. The molecule has 0 unspecified atom stereocenters. The van der Waals surface area contributed by atoms with E-state index in [0.29, 0.717) is 12.8 Å². The molecule has 1 amide bonds. The van der Waals surface area contributed by atoms with E-state index in [2.05, 4.69) is 16.6 Å². The first kappa shape index (κ1) is 23.7. The van der Waals surface area contributed by atoms with E-state index in [1.807, 2.05) is 6.08 Å². The van der Waals surface area contributed by atoms with Gasteiger partial charge < -0.3 is 15.2 Å². The number of hydrogen-bond donors (Lipinski definition) is 2. The number of halogens is 3. The van der Waals surface area contributed by atoms with Gasteiger partial charge in [0.1, 0.15) is 6.04 Å². The number of ether oxygens (including phenoxy) is 1. The van der Waals surface area contributed by atoms with E-state index in [1.165, 1.54) is 7.11 Å². The van der Waals surface area contributed by atoms with Crippen molar-refractivity contribution in [2.75, 3.05) is 7.11 Å². The average Bonchev–Trinajstić information content (AvgIpc) is 2.67. The summed E-state index contributed by atoms with van der Waals surface area (Å²) in [4.78, 5) is 24.1. The zero-order valence-electron chi connectivity index (χ0n) is 15.8. The van der Waals surface area contributed by atoms with Crippen LogP contribution in [0.1, 0.15) is 55.8 Å². The summed E-state index contributed by atoms with van der Waals surface area (Å²) in [7, 11) is 1.19. The second-order valence-electron chi connectivity index (χ2n) is 6.39. The van der Waals surface area contributed by atoms with Crippen molar-refractivity contribution in [1.29, 1.82) is 0 Å². The third-order valence-electron chi connectivity index (χ3n) is 4.26. The maximum atomic E-state index is 12.6. The van der Waals surface area contributed by atoms with Crippen LogP contribution in [0.15, 0.2) is 36.9 Å². The first-order chi connectivity index (χ1) is 13.2. The molecule has 0 radical (unpaired) electrons. The van der Waals surface area contributed by atoms with Gasteiger partial charge in [0.2, 0.25) is 0 Å². The van der Waals surface area contributed by atoms with Crippen molar-refractivity contribution in [3.63, 3.8) is 0 Å². The average molecular weight is 401 g/mol. The van der Waals surface area contributed by atoms with Crippen LogP contribution in [0.4, 0.5) is 13.2 Å². The third kappa shape index (κ3) is 7.72. The first-order valence-electron chi connectivity index (χ1n) is 9.05. The van der Waals surface area contributed by atoms with Gasteiger partial charge in [-0.05, 0) is 37.0 Å². The quantitative estimate of drug-likeness (QED) is 0.335. The highest BCUT2D eigenvalue weighted by Gasteiger charge is 2.31. The van der Waals surface area contributed by atoms with Crippen LogP contribution >= 0.6 is 0 Å². The highest BCUT2D eigenvalue weighted by molar-refractivity contribution is 5.87. The normalized spacial score (nSPS) is 13.5. The smallest absolute Gasteiger partial charge is 0.416 e. The summed E-state index contributed by atoms with van der Waals surface area (Å²) >= 11 is 0. The summed E-state index contributed by atoms with van der Waals surface area (Å²) in [5.74, 6) is -1.51. The van der Waals surface area contributed by atoms with Crippen molar-refractivity contribution in [2.24, 2.45) is 0 Å². The number of amides is 1. The number of nitrogens with one attached hydrogen (secondary N) is 1. The Morgan fingerprint density at radius 3 is 2.32 bits per heavy atom. The molecule has 0 saturated heterocycles. The molecule has 0 aromatic heterocycles. The molecule has 0 saturated carbocycles. The number of esters is 1. The number of benzene rings is 1. The fourth-order valence-corrected chi connectivity index (χ4v) is 2.64. The number of allylic oxidation sites excluding steroid dienone is 1. The predicted molar refractivity (Wildman–Crippen MR) is 98.2 cm³/mol. The fraction of sp³-hybridized carbons (Fsp3) is 0.500. The van der Waals surface area contributed by atoms with Crippen LogP contribution in [0.3, 0.4) is 0 Å². The molecule has 8 heteroatoms. The van der Waals surface area contributed by atoms with Crippen LogP contribution in [-0.4, -0.2) is 30.1 Å². The molecule has 0 fully saturated rings. The Hall–Kier alpha value is -2.35. The number of carbonyl (C=O) groups excluding carboxylic acids is 2. The van der Waals surface area contributed by atoms with Gasteiger partial charge in [0.25, 0.3) is 5.91 Å². The van der Waals surface area contributed by atoms with Gasteiger partial charge in [-0.3, -0.25) is 4.79 Å². The van der Waals surface area contributed by atoms with Crippen LogP contribution in [-0.2, 0) is 20.5 Å². The van der Waals surface area contributed by atoms with Crippen LogP contribution in [0.2, 0.25) is 0 Å². The van der Waals surface area contributed by atoms with E-state index in [1.54, 1.807) is 0 Å². The molecule has 0 aliphatic rings. The molecule has 2 atom stereocenters. The maximum absolute atomic E-state index is 12.6. The number of aliphatic hydroxyl groups is 1. The predicted octanol–water partition coefficient (Wildman–Crippen LogP) is 3.92. The second-order valence-corrected chi connectivity index (χ2v) is 6.39. The van der Waals surface area contributed by atoms with Crippen LogP contribution in [0.5, 0.6) is 0 Å². The number of hydrogen-bond acceptors (Lipinski definition) is 4. The Bertz CT molecular complexity index is 644.